The topological polar surface area (TPSA) is 110 Å². The van der Waals surface area contributed by atoms with Crippen LogP contribution in [0.2, 0.25) is 0 Å². The first kappa shape index (κ1) is 22.9. The van der Waals surface area contributed by atoms with Crippen molar-refractivity contribution in [1.29, 1.82) is 0 Å². The van der Waals surface area contributed by atoms with E-state index in [-0.39, 0.29) is 29.1 Å². The number of ketones is 2. The largest absolute Gasteiger partial charge is 0.344 e. The molecule has 3 fully saturated rings. The number of rotatable bonds is 2. The molecule has 0 bridgehead atoms. The highest BCUT2D eigenvalue weighted by Gasteiger charge is 2.69. The zero-order valence-corrected chi connectivity index (χ0v) is 18.6. The number of amides is 2. The van der Waals surface area contributed by atoms with E-state index in [0.29, 0.717) is 19.4 Å². The summed E-state index contributed by atoms with van der Waals surface area (Å²) in [4.78, 5) is 52.2. The lowest BCUT2D eigenvalue weighted by atomic mass is 9.96. The molecule has 3 rings (SSSR count). The normalized spacial score (nSPS) is 35.2. The number of nitrogens with zero attached hydrogens (tertiary/aromatic N) is 1. The molecule has 2 aliphatic heterocycles. The van der Waals surface area contributed by atoms with Crippen molar-refractivity contribution in [2.75, 3.05) is 6.54 Å². The van der Waals surface area contributed by atoms with Gasteiger partial charge in [0.25, 0.3) is 0 Å². The van der Waals surface area contributed by atoms with Crippen molar-refractivity contribution in [1.82, 2.24) is 10.2 Å². The Kier molecular flexibility index (Phi) is 7.00. The van der Waals surface area contributed by atoms with Gasteiger partial charge in [0.05, 0.1) is 12.1 Å². The number of hydrogen-bond donors (Lipinski definition) is 2. The number of hydrogen-bond acceptors (Lipinski definition) is 5. The average Bonchev–Trinajstić information content (AvgIpc) is 3.04. The number of carbonyl (C=O) groups is 4. The van der Waals surface area contributed by atoms with Crippen molar-refractivity contribution in [2.45, 2.75) is 96.7 Å². The molecular weight excluding hydrogens is 382 g/mol. The number of piperidine rings is 1. The van der Waals surface area contributed by atoms with Gasteiger partial charge in [-0.25, -0.2) is 0 Å². The van der Waals surface area contributed by atoms with E-state index in [1.54, 1.807) is 4.90 Å². The van der Waals surface area contributed by atoms with Crippen molar-refractivity contribution in [3.05, 3.63) is 0 Å². The Morgan fingerprint density at radius 1 is 1.00 bits per heavy atom. The zero-order chi connectivity index (χ0) is 22.1. The van der Waals surface area contributed by atoms with Gasteiger partial charge in [0.1, 0.15) is 6.04 Å². The molecule has 7 heteroatoms. The van der Waals surface area contributed by atoms with Crippen LogP contribution in [0.5, 0.6) is 0 Å². The Labute approximate surface area is 179 Å². The monoisotopic (exact) mass is 419 g/mol. The minimum Gasteiger partial charge on any atom is -0.344 e. The summed E-state index contributed by atoms with van der Waals surface area (Å²) in [5, 5.41) is 2.84. The molecule has 0 aromatic rings. The van der Waals surface area contributed by atoms with Gasteiger partial charge in [-0.2, -0.15) is 0 Å². The van der Waals surface area contributed by atoms with Crippen molar-refractivity contribution < 1.29 is 19.2 Å². The lowest BCUT2D eigenvalue weighted by Gasteiger charge is -2.33. The van der Waals surface area contributed by atoms with E-state index in [9.17, 15) is 19.2 Å². The van der Waals surface area contributed by atoms with Crippen LogP contribution in [0, 0.1) is 17.3 Å². The molecule has 1 saturated carbocycles. The fourth-order valence-corrected chi connectivity index (χ4v) is 5.52. The lowest BCUT2D eigenvalue weighted by Crippen LogP contribution is -2.56. The first-order valence-electron chi connectivity index (χ1n) is 11.6. The maximum atomic E-state index is 13.3. The van der Waals surface area contributed by atoms with Crippen LogP contribution in [0.1, 0.15) is 78.6 Å². The van der Waals surface area contributed by atoms with Gasteiger partial charge in [-0.15, -0.1) is 0 Å². The summed E-state index contributed by atoms with van der Waals surface area (Å²) in [6.45, 7) is 6.02. The Bertz CT molecular complexity index is 705. The van der Waals surface area contributed by atoms with E-state index < -0.39 is 29.7 Å². The van der Waals surface area contributed by atoms with Gasteiger partial charge in [0, 0.05) is 13.5 Å². The maximum Gasteiger partial charge on any atom is 0.243 e. The summed E-state index contributed by atoms with van der Waals surface area (Å²) in [7, 11) is 0. The summed E-state index contributed by atoms with van der Waals surface area (Å²) >= 11 is 0. The van der Waals surface area contributed by atoms with Crippen LogP contribution in [0.3, 0.4) is 0 Å². The van der Waals surface area contributed by atoms with Gasteiger partial charge >= 0.3 is 0 Å². The van der Waals surface area contributed by atoms with E-state index in [1.165, 1.54) is 6.92 Å². The van der Waals surface area contributed by atoms with Gasteiger partial charge in [0.15, 0.2) is 5.78 Å². The molecule has 2 amide bonds. The quantitative estimate of drug-likeness (QED) is 0.665. The fourth-order valence-electron chi connectivity index (χ4n) is 5.52. The second-order valence-corrected chi connectivity index (χ2v) is 10.0. The third kappa shape index (κ3) is 4.61. The Morgan fingerprint density at radius 2 is 1.57 bits per heavy atom. The number of Topliss-reactive ketones (excluding diaryl/α,β-unsaturated/α-hetero) is 2. The molecule has 3 aliphatic rings. The molecule has 2 heterocycles. The summed E-state index contributed by atoms with van der Waals surface area (Å²) in [6, 6.07) is -2.02. The fraction of sp³-hybridized carbons (Fsp3) is 0.826. The van der Waals surface area contributed by atoms with Gasteiger partial charge in [-0.05, 0) is 30.1 Å². The molecule has 0 aromatic heterocycles. The summed E-state index contributed by atoms with van der Waals surface area (Å²) in [5.74, 6) is -1.24. The molecule has 5 atom stereocenters. The highest BCUT2D eigenvalue weighted by Crippen LogP contribution is 2.64. The van der Waals surface area contributed by atoms with Gasteiger partial charge < -0.3 is 16.0 Å². The summed E-state index contributed by atoms with van der Waals surface area (Å²) in [6.07, 6.45) is 8.11. The van der Waals surface area contributed by atoms with Crippen LogP contribution in [-0.4, -0.2) is 53.0 Å². The van der Waals surface area contributed by atoms with Gasteiger partial charge in [-0.1, -0.05) is 58.8 Å². The van der Waals surface area contributed by atoms with Crippen LogP contribution in [0.4, 0.5) is 0 Å². The van der Waals surface area contributed by atoms with E-state index in [1.807, 2.05) is 0 Å². The standard InChI is InChI=1S/C23H37N3O4/c1-14(27)20(28)17-12-10-8-6-4-5-7-9-11-16(24)22(30)26-13-15-18(23(15,2)3)19(26)21(29)25-17/h15-19H,4-13,24H2,1-3H3,(H,25,29)/t15-,16-,17-,18-,19-/m0/s1. The second kappa shape index (κ2) is 9.16. The maximum absolute atomic E-state index is 13.3. The van der Waals surface area contributed by atoms with Gasteiger partial charge in [-0.3, -0.25) is 19.2 Å². The Morgan fingerprint density at radius 3 is 2.17 bits per heavy atom. The highest BCUT2D eigenvalue weighted by molar-refractivity contribution is 6.38. The van der Waals surface area contributed by atoms with E-state index in [0.717, 1.165) is 44.9 Å². The third-order valence-corrected chi connectivity index (χ3v) is 7.57. The molecule has 0 aromatic carbocycles. The summed E-state index contributed by atoms with van der Waals surface area (Å²) < 4.78 is 0. The molecule has 30 heavy (non-hydrogen) atoms. The van der Waals surface area contributed by atoms with Gasteiger partial charge in [0.2, 0.25) is 17.6 Å². The molecule has 1 aliphatic carbocycles. The lowest BCUT2D eigenvalue weighted by molar-refractivity contribution is -0.143. The number of fused-ring (bicyclic) bond motifs is 3. The van der Waals surface area contributed by atoms with E-state index >= 15 is 0 Å². The smallest absolute Gasteiger partial charge is 0.243 e. The number of nitrogens with two attached hydrogens (primary N) is 1. The molecule has 7 nitrogen and oxygen atoms in total. The Hall–Kier alpha value is -1.76. The minimum atomic E-state index is -0.811. The molecule has 3 N–H and O–H groups in total. The van der Waals surface area contributed by atoms with Crippen LogP contribution in [-0.2, 0) is 19.2 Å². The first-order valence-corrected chi connectivity index (χ1v) is 11.6. The molecule has 0 unspecified atom stereocenters. The molecule has 2 saturated heterocycles. The molecule has 0 spiro atoms. The van der Waals surface area contributed by atoms with Crippen LogP contribution < -0.4 is 11.1 Å². The predicted molar refractivity (Wildman–Crippen MR) is 113 cm³/mol. The van der Waals surface area contributed by atoms with Crippen molar-refractivity contribution in [2.24, 2.45) is 23.0 Å². The van der Waals surface area contributed by atoms with Crippen molar-refractivity contribution in [3.63, 3.8) is 0 Å². The van der Waals surface area contributed by atoms with E-state index in [2.05, 4.69) is 19.2 Å². The number of nitrogens with one attached hydrogen (secondary N) is 1. The molecule has 0 radical (unpaired) electrons. The van der Waals surface area contributed by atoms with Crippen LogP contribution >= 0.6 is 0 Å². The predicted octanol–water partition coefficient (Wildman–Crippen LogP) is 1.96. The average molecular weight is 420 g/mol. The summed E-state index contributed by atoms with van der Waals surface area (Å²) in [5.41, 5.74) is 6.20. The zero-order valence-electron chi connectivity index (χ0n) is 18.6. The highest BCUT2D eigenvalue weighted by atomic mass is 16.2. The second-order valence-electron chi connectivity index (χ2n) is 10.0. The van der Waals surface area contributed by atoms with Crippen molar-refractivity contribution in [3.8, 4) is 0 Å². The van der Waals surface area contributed by atoms with Crippen LogP contribution in [0.25, 0.3) is 0 Å². The van der Waals surface area contributed by atoms with Crippen molar-refractivity contribution >= 4 is 23.4 Å². The first-order chi connectivity index (χ1) is 14.2. The van der Waals surface area contributed by atoms with Crippen LogP contribution in [0.15, 0.2) is 0 Å². The Balaban J connectivity index is 1.81. The molecular formula is C23H37N3O4. The van der Waals surface area contributed by atoms with E-state index in [4.69, 9.17) is 5.73 Å². The molecule has 168 valence electrons. The SMILES string of the molecule is CC(=O)C(=O)[C@@H]1CCCCCCCCC[C@H](N)C(=O)N2C[C@H]3[C@@H]([C@H]2C(=O)N1)C3(C)C. The number of carbonyl (C=O) groups excluding carboxylic acids is 4. The minimum absolute atomic E-state index is 0.0101. The third-order valence-electron chi connectivity index (χ3n) is 7.57.